The minimum atomic E-state index is -0.367. The number of carbonyl (C=O) groups is 1. The average Bonchev–Trinajstić information content (AvgIpc) is 3.00. The number of fused-ring (bicyclic) bond motifs is 2. The summed E-state index contributed by atoms with van der Waals surface area (Å²) in [4.78, 5) is 12.1. The minimum Gasteiger partial charge on any atom is -0.493 e. The summed E-state index contributed by atoms with van der Waals surface area (Å²) in [6.07, 6.45) is 0.262. The predicted molar refractivity (Wildman–Crippen MR) is 85.2 cm³/mol. The molecule has 124 valence electrons. The molecule has 24 heavy (non-hydrogen) atoms. The van der Waals surface area contributed by atoms with Crippen LogP contribution in [0.1, 0.15) is 30.4 Å². The molecule has 0 aromatic heterocycles. The third kappa shape index (κ3) is 2.44. The van der Waals surface area contributed by atoms with E-state index in [4.69, 9.17) is 14.2 Å². The second kappa shape index (κ2) is 5.70. The van der Waals surface area contributed by atoms with Gasteiger partial charge >= 0.3 is 0 Å². The van der Waals surface area contributed by atoms with E-state index in [-0.39, 0.29) is 30.9 Å². The van der Waals surface area contributed by atoms with E-state index in [1.807, 2.05) is 13.0 Å². The number of benzene rings is 2. The summed E-state index contributed by atoms with van der Waals surface area (Å²) in [6.45, 7) is 2.43. The van der Waals surface area contributed by atoms with Gasteiger partial charge in [0.25, 0.3) is 0 Å². The summed E-state index contributed by atoms with van der Waals surface area (Å²) in [5.41, 5.74) is 2.38. The van der Waals surface area contributed by atoms with Crippen molar-refractivity contribution >= 4 is 11.6 Å². The van der Waals surface area contributed by atoms with Gasteiger partial charge in [-0.3, -0.25) is 4.79 Å². The van der Waals surface area contributed by atoms with E-state index in [2.05, 4.69) is 5.32 Å². The Balaban J connectivity index is 1.84. The molecular formula is C18H16FNO4. The van der Waals surface area contributed by atoms with E-state index in [9.17, 15) is 9.18 Å². The lowest BCUT2D eigenvalue weighted by atomic mass is 9.84. The lowest BCUT2D eigenvalue weighted by molar-refractivity contribution is -0.116. The summed E-state index contributed by atoms with van der Waals surface area (Å²) in [5.74, 6) is 1.02. The summed E-state index contributed by atoms with van der Waals surface area (Å²) in [6, 6.07) is 8.07. The Bertz CT molecular complexity index is 821. The van der Waals surface area contributed by atoms with Crippen molar-refractivity contribution in [1.82, 2.24) is 0 Å². The van der Waals surface area contributed by atoms with E-state index in [1.165, 1.54) is 12.1 Å². The first-order valence-electron chi connectivity index (χ1n) is 7.81. The molecule has 2 heterocycles. The zero-order chi connectivity index (χ0) is 16.7. The van der Waals surface area contributed by atoms with Gasteiger partial charge in [0.1, 0.15) is 11.6 Å². The molecule has 1 unspecified atom stereocenters. The Kier molecular flexibility index (Phi) is 3.52. The highest BCUT2D eigenvalue weighted by Crippen LogP contribution is 2.46. The van der Waals surface area contributed by atoms with Crippen LogP contribution >= 0.6 is 0 Å². The standard InChI is InChI=1S/C18H16FNO4/c1-2-22-15-5-10(19)3-4-11(15)12-7-18(21)20-14-8-17-16(6-13(12)14)23-9-24-17/h3-6,8,12H,2,7,9H2,1H3,(H,20,21). The van der Waals surface area contributed by atoms with E-state index >= 15 is 0 Å². The second-order valence-corrected chi connectivity index (χ2v) is 5.71. The van der Waals surface area contributed by atoms with E-state index < -0.39 is 0 Å². The quantitative estimate of drug-likeness (QED) is 0.937. The molecule has 0 saturated carbocycles. The lowest BCUT2D eigenvalue weighted by Crippen LogP contribution is -2.23. The molecule has 2 aliphatic heterocycles. The highest BCUT2D eigenvalue weighted by molar-refractivity contribution is 5.96. The van der Waals surface area contributed by atoms with Crippen LogP contribution in [0.2, 0.25) is 0 Å². The molecule has 1 amide bonds. The number of ether oxygens (including phenoxy) is 3. The van der Waals surface area contributed by atoms with Crippen LogP contribution in [0.4, 0.5) is 10.1 Å². The van der Waals surface area contributed by atoms with Crippen LogP contribution in [0.3, 0.4) is 0 Å². The van der Waals surface area contributed by atoms with Gasteiger partial charge in [0, 0.05) is 35.7 Å². The molecule has 1 N–H and O–H groups in total. The largest absolute Gasteiger partial charge is 0.493 e. The Morgan fingerprint density at radius 2 is 2.00 bits per heavy atom. The number of amides is 1. The number of carbonyl (C=O) groups excluding carboxylic acids is 1. The first kappa shape index (κ1) is 14.8. The summed E-state index contributed by atoms with van der Waals surface area (Å²) in [7, 11) is 0. The third-order valence-corrected chi connectivity index (χ3v) is 4.23. The first-order chi connectivity index (χ1) is 11.7. The molecular weight excluding hydrogens is 313 g/mol. The Morgan fingerprint density at radius 3 is 2.79 bits per heavy atom. The van der Waals surface area contributed by atoms with Gasteiger partial charge in [-0.2, -0.15) is 0 Å². The summed E-state index contributed by atoms with van der Waals surface area (Å²) in [5, 5.41) is 2.86. The van der Waals surface area contributed by atoms with E-state index in [0.29, 0.717) is 29.5 Å². The lowest BCUT2D eigenvalue weighted by Gasteiger charge is -2.27. The van der Waals surface area contributed by atoms with Crippen LogP contribution in [0, 0.1) is 5.82 Å². The predicted octanol–water partition coefficient (Wildman–Crippen LogP) is 3.43. The second-order valence-electron chi connectivity index (χ2n) is 5.71. The van der Waals surface area contributed by atoms with Crippen molar-refractivity contribution in [2.24, 2.45) is 0 Å². The zero-order valence-electron chi connectivity index (χ0n) is 13.1. The van der Waals surface area contributed by atoms with Gasteiger partial charge in [-0.1, -0.05) is 6.07 Å². The van der Waals surface area contributed by atoms with Gasteiger partial charge in [0.15, 0.2) is 11.5 Å². The van der Waals surface area contributed by atoms with Crippen LogP contribution in [0.15, 0.2) is 30.3 Å². The van der Waals surface area contributed by atoms with Gasteiger partial charge < -0.3 is 19.5 Å². The van der Waals surface area contributed by atoms with Gasteiger partial charge in [-0.15, -0.1) is 0 Å². The molecule has 0 aliphatic carbocycles. The first-order valence-corrected chi connectivity index (χ1v) is 7.81. The molecule has 0 bridgehead atoms. The van der Waals surface area contributed by atoms with Crippen LogP contribution in [0.5, 0.6) is 17.2 Å². The smallest absolute Gasteiger partial charge is 0.231 e. The van der Waals surface area contributed by atoms with Crippen molar-refractivity contribution in [2.45, 2.75) is 19.3 Å². The van der Waals surface area contributed by atoms with Crippen molar-refractivity contribution in [3.8, 4) is 17.2 Å². The van der Waals surface area contributed by atoms with Gasteiger partial charge in [-0.25, -0.2) is 4.39 Å². The fraction of sp³-hybridized carbons (Fsp3) is 0.278. The molecule has 2 aromatic carbocycles. The molecule has 0 radical (unpaired) electrons. The van der Waals surface area contributed by atoms with Gasteiger partial charge in [0.05, 0.1) is 6.61 Å². The maximum absolute atomic E-state index is 13.6. The highest BCUT2D eigenvalue weighted by atomic mass is 19.1. The van der Waals surface area contributed by atoms with Gasteiger partial charge in [-0.05, 0) is 24.6 Å². The molecule has 5 nitrogen and oxygen atoms in total. The maximum Gasteiger partial charge on any atom is 0.231 e. The fourth-order valence-electron chi connectivity index (χ4n) is 3.20. The minimum absolute atomic E-state index is 0.0989. The molecule has 0 fully saturated rings. The van der Waals surface area contributed by atoms with E-state index in [0.717, 1.165) is 11.1 Å². The number of halogens is 1. The normalized spacial score (nSPS) is 18.1. The van der Waals surface area contributed by atoms with Crippen molar-refractivity contribution in [2.75, 3.05) is 18.7 Å². The average molecular weight is 329 g/mol. The number of anilines is 1. The summed E-state index contributed by atoms with van der Waals surface area (Å²) < 4.78 is 30.0. The van der Waals surface area contributed by atoms with Crippen molar-refractivity contribution < 1.29 is 23.4 Å². The molecule has 0 spiro atoms. The molecule has 4 rings (SSSR count). The molecule has 2 aliphatic rings. The van der Waals surface area contributed by atoms with Crippen LogP contribution in [-0.4, -0.2) is 19.3 Å². The molecule has 6 heteroatoms. The zero-order valence-corrected chi connectivity index (χ0v) is 13.1. The van der Waals surface area contributed by atoms with Crippen molar-refractivity contribution in [3.05, 3.63) is 47.3 Å². The molecule has 1 atom stereocenters. The number of hydrogen-bond donors (Lipinski definition) is 1. The Morgan fingerprint density at radius 1 is 1.21 bits per heavy atom. The third-order valence-electron chi connectivity index (χ3n) is 4.23. The van der Waals surface area contributed by atoms with Gasteiger partial charge in [0.2, 0.25) is 12.7 Å². The number of hydrogen-bond acceptors (Lipinski definition) is 4. The van der Waals surface area contributed by atoms with Crippen molar-refractivity contribution in [1.29, 1.82) is 0 Å². The summed E-state index contributed by atoms with van der Waals surface area (Å²) >= 11 is 0. The number of nitrogens with one attached hydrogen (secondary N) is 1. The van der Waals surface area contributed by atoms with Crippen molar-refractivity contribution in [3.63, 3.8) is 0 Å². The van der Waals surface area contributed by atoms with E-state index in [1.54, 1.807) is 12.1 Å². The molecule has 0 saturated heterocycles. The van der Waals surface area contributed by atoms with Crippen LogP contribution in [-0.2, 0) is 4.79 Å². The Labute approximate surface area is 138 Å². The fourth-order valence-corrected chi connectivity index (χ4v) is 3.20. The monoisotopic (exact) mass is 329 g/mol. The SMILES string of the molecule is CCOc1cc(F)ccc1C1CC(=O)Nc2cc3c(cc21)OCO3. The Hall–Kier alpha value is -2.76. The topological polar surface area (TPSA) is 56.8 Å². The highest BCUT2D eigenvalue weighted by Gasteiger charge is 2.31. The maximum atomic E-state index is 13.6. The number of rotatable bonds is 3. The van der Waals surface area contributed by atoms with Crippen LogP contribution in [0.25, 0.3) is 0 Å². The molecule has 2 aromatic rings. The van der Waals surface area contributed by atoms with Crippen LogP contribution < -0.4 is 19.5 Å².